The lowest BCUT2D eigenvalue weighted by molar-refractivity contribution is 0.498. The lowest BCUT2D eigenvalue weighted by Crippen LogP contribution is -2.23. The number of hydrogen-bond acceptors (Lipinski definition) is 7. The van der Waals surface area contributed by atoms with Gasteiger partial charge in [0.15, 0.2) is 0 Å². The van der Waals surface area contributed by atoms with Crippen LogP contribution in [0.25, 0.3) is 0 Å². The van der Waals surface area contributed by atoms with Gasteiger partial charge in [-0.15, -0.1) is 0 Å². The fourth-order valence-corrected chi connectivity index (χ4v) is 3.02. The van der Waals surface area contributed by atoms with Gasteiger partial charge in [-0.3, -0.25) is 5.43 Å². The number of aromatic nitrogens is 1. The van der Waals surface area contributed by atoms with Crippen molar-refractivity contribution in [3.8, 4) is 6.07 Å². The highest BCUT2D eigenvalue weighted by atomic mass is 32.2. The zero-order valence-corrected chi connectivity index (χ0v) is 14.8. The first-order valence-corrected chi connectivity index (χ1v) is 9.32. The summed E-state index contributed by atoms with van der Waals surface area (Å²) in [5.41, 5.74) is 4.09. The van der Waals surface area contributed by atoms with Crippen LogP contribution in [0.2, 0.25) is 0 Å². The minimum absolute atomic E-state index is 0.0377. The van der Waals surface area contributed by atoms with Crippen LogP contribution in [0.1, 0.15) is 16.9 Å². The number of nitriles is 1. The first-order chi connectivity index (χ1) is 13.1. The molecule has 136 valence electrons. The highest BCUT2D eigenvalue weighted by molar-refractivity contribution is 7.89. The van der Waals surface area contributed by atoms with Crippen molar-refractivity contribution in [2.24, 2.45) is 5.10 Å². The second-order valence-corrected chi connectivity index (χ2v) is 7.15. The maximum Gasteiger partial charge on any atom is 0.242 e. The zero-order chi connectivity index (χ0) is 19.1. The topological polar surface area (TPSA) is 120 Å². The fourth-order valence-electron chi connectivity index (χ4n) is 2.08. The molecular formula is C18H15N5O3S. The van der Waals surface area contributed by atoms with Crippen LogP contribution in [0.4, 0.5) is 5.82 Å². The van der Waals surface area contributed by atoms with Crippen molar-refractivity contribution in [1.82, 2.24) is 9.71 Å². The molecule has 3 rings (SSSR count). The normalized spacial score (nSPS) is 11.4. The van der Waals surface area contributed by atoms with Crippen LogP contribution in [0.5, 0.6) is 0 Å². The van der Waals surface area contributed by atoms with Crippen LogP contribution < -0.4 is 10.1 Å². The Morgan fingerprint density at radius 1 is 1.19 bits per heavy atom. The van der Waals surface area contributed by atoms with Gasteiger partial charge in [0.2, 0.25) is 10.0 Å². The van der Waals surface area contributed by atoms with Crippen LogP contribution >= 0.6 is 0 Å². The van der Waals surface area contributed by atoms with Gasteiger partial charge in [-0.25, -0.2) is 18.1 Å². The summed E-state index contributed by atoms with van der Waals surface area (Å²) in [5, 5.41) is 12.8. The molecule has 0 saturated carbocycles. The first-order valence-electron chi connectivity index (χ1n) is 7.84. The van der Waals surface area contributed by atoms with Gasteiger partial charge < -0.3 is 4.42 Å². The van der Waals surface area contributed by atoms with E-state index in [1.165, 1.54) is 24.6 Å². The van der Waals surface area contributed by atoms with Crippen molar-refractivity contribution >= 4 is 22.1 Å². The van der Waals surface area contributed by atoms with E-state index in [1.807, 2.05) is 6.07 Å². The molecule has 2 aromatic heterocycles. The molecule has 9 heteroatoms. The van der Waals surface area contributed by atoms with Crippen molar-refractivity contribution in [2.45, 2.75) is 11.4 Å². The second kappa shape index (κ2) is 8.27. The Morgan fingerprint density at radius 2 is 2.00 bits per heavy atom. The van der Waals surface area contributed by atoms with Crippen LogP contribution in [-0.2, 0) is 16.6 Å². The Labute approximate surface area is 156 Å². The number of pyridine rings is 1. The lowest BCUT2D eigenvalue weighted by Gasteiger charge is -2.06. The molecule has 0 unspecified atom stereocenters. The summed E-state index contributed by atoms with van der Waals surface area (Å²) in [6, 6.07) is 15.2. The predicted octanol–water partition coefficient (Wildman–Crippen LogP) is 2.47. The molecule has 2 heterocycles. The smallest absolute Gasteiger partial charge is 0.242 e. The zero-order valence-electron chi connectivity index (χ0n) is 14.0. The third kappa shape index (κ3) is 5.01. The number of nitrogens with zero attached hydrogens (tertiary/aromatic N) is 3. The standard InChI is InChI=1S/C18H15N5O3S/c19-10-14-3-5-15(6-4-14)11-21-23-18-8-7-17(13-20-18)27(24,25)22-12-16-2-1-9-26-16/h1-9,11,13,22H,12H2,(H,20,23). The van der Waals surface area contributed by atoms with Crippen LogP contribution in [0, 0.1) is 11.3 Å². The Bertz CT molecular complexity index is 1050. The molecule has 0 atom stereocenters. The monoisotopic (exact) mass is 381 g/mol. The van der Waals surface area contributed by atoms with Crippen LogP contribution in [0.3, 0.4) is 0 Å². The number of sulfonamides is 1. The van der Waals surface area contributed by atoms with Gasteiger partial charge in [-0.1, -0.05) is 12.1 Å². The van der Waals surface area contributed by atoms with Gasteiger partial charge in [-0.2, -0.15) is 10.4 Å². The fraction of sp³-hybridized carbons (Fsp3) is 0.0556. The number of hydrazone groups is 1. The number of nitrogens with one attached hydrogen (secondary N) is 2. The average Bonchev–Trinajstić information content (AvgIpc) is 3.21. The molecular weight excluding hydrogens is 366 g/mol. The SMILES string of the molecule is N#Cc1ccc(C=NNc2ccc(S(=O)(=O)NCc3ccco3)cn2)cc1. The molecule has 0 spiro atoms. The predicted molar refractivity (Wildman–Crippen MR) is 99.3 cm³/mol. The Hall–Kier alpha value is -3.48. The average molecular weight is 381 g/mol. The van der Waals surface area contributed by atoms with Crippen LogP contribution in [-0.4, -0.2) is 19.6 Å². The Balaban J connectivity index is 1.59. The van der Waals surface area contributed by atoms with E-state index in [0.717, 1.165) is 5.56 Å². The van der Waals surface area contributed by atoms with E-state index in [4.69, 9.17) is 9.68 Å². The summed E-state index contributed by atoms with van der Waals surface area (Å²) >= 11 is 0. The molecule has 0 bridgehead atoms. The minimum Gasteiger partial charge on any atom is -0.468 e. The molecule has 8 nitrogen and oxygen atoms in total. The number of rotatable bonds is 7. The minimum atomic E-state index is -3.69. The van der Waals surface area contributed by atoms with E-state index >= 15 is 0 Å². The second-order valence-electron chi connectivity index (χ2n) is 5.39. The summed E-state index contributed by atoms with van der Waals surface area (Å²) in [6.45, 7) is 0.0597. The molecule has 2 N–H and O–H groups in total. The summed E-state index contributed by atoms with van der Waals surface area (Å²) in [5.74, 6) is 0.909. The molecule has 0 amide bonds. The summed E-state index contributed by atoms with van der Waals surface area (Å²) < 4.78 is 32.0. The maximum atomic E-state index is 12.2. The molecule has 1 aromatic carbocycles. The molecule has 0 aliphatic heterocycles. The highest BCUT2D eigenvalue weighted by Gasteiger charge is 2.14. The van der Waals surface area contributed by atoms with E-state index < -0.39 is 10.0 Å². The van der Waals surface area contributed by atoms with Crippen molar-refractivity contribution in [3.63, 3.8) is 0 Å². The lowest BCUT2D eigenvalue weighted by atomic mass is 10.2. The third-order valence-electron chi connectivity index (χ3n) is 3.50. The Kier molecular flexibility index (Phi) is 5.61. The molecule has 0 radical (unpaired) electrons. The van der Waals surface area contributed by atoms with E-state index in [1.54, 1.807) is 42.6 Å². The van der Waals surface area contributed by atoms with E-state index in [2.05, 4.69) is 20.2 Å². The van der Waals surface area contributed by atoms with Gasteiger partial charge in [-0.05, 0) is 42.0 Å². The maximum absolute atomic E-state index is 12.2. The van der Waals surface area contributed by atoms with Gasteiger partial charge in [0.25, 0.3) is 0 Å². The van der Waals surface area contributed by atoms with Gasteiger partial charge >= 0.3 is 0 Å². The molecule has 0 fully saturated rings. The van der Waals surface area contributed by atoms with Crippen LogP contribution in [0.15, 0.2) is 75.4 Å². The van der Waals surface area contributed by atoms with Gasteiger partial charge in [0.05, 0.1) is 30.7 Å². The van der Waals surface area contributed by atoms with E-state index in [0.29, 0.717) is 17.1 Å². The summed E-state index contributed by atoms with van der Waals surface area (Å²) in [6.07, 6.45) is 4.28. The molecule has 27 heavy (non-hydrogen) atoms. The summed E-state index contributed by atoms with van der Waals surface area (Å²) in [4.78, 5) is 4.08. The Morgan fingerprint density at radius 3 is 2.63 bits per heavy atom. The number of benzene rings is 1. The first kappa shape index (κ1) is 18.3. The van der Waals surface area contributed by atoms with Gasteiger partial charge in [0.1, 0.15) is 16.5 Å². The molecule has 0 aliphatic carbocycles. The van der Waals surface area contributed by atoms with Crippen molar-refractivity contribution in [1.29, 1.82) is 5.26 Å². The van der Waals surface area contributed by atoms with E-state index in [9.17, 15) is 8.42 Å². The summed E-state index contributed by atoms with van der Waals surface area (Å²) in [7, 11) is -3.69. The quantitative estimate of drug-likeness (QED) is 0.479. The number of furan rings is 1. The van der Waals surface area contributed by atoms with Crippen molar-refractivity contribution in [2.75, 3.05) is 5.43 Å². The third-order valence-corrected chi connectivity index (χ3v) is 4.88. The van der Waals surface area contributed by atoms with Crippen molar-refractivity contribution < 1.29 is 12.8 Å². The van der Waals surface area contributed by atoms with Gasteiger partial charge in [0, 0.05) is 6.20 Å². The highest BCUT2D eigenvalue weighted by Crippen LogP contribution is 2.12. The van der Waals surface area contributed by atoms with Crippen molar-refractivity contribution in [3.05, 3.63) is 77.9 Å². The number of hydrogen-bond donors (Lipinski definition) is 2. The number of anilines is 1. The molecule has 3 aromatic rings. The molecule has 0 saturated heterocycles. The molecule has 0 aliphatic rings. The van der Waals surface area contributed by atoms with E-state index in [-0.39, 0.29) is 11.4 Å². The largest absolute Gasteiger partial charge is 0.468 e.